The van der Waals surface area contributed by atoms with E-state index in [0.29, 0.717) is 30.3 Å². The lowest BCUT2D eigenvalue weighted by molar-refractivity contribution is 0.0482. The lowest BCUT2D eigenvalue weighted by Gasteiger charge is -2.38. The van der Waals surface area contributed by atoms with E-state index in [1.54, 1.807) is 0 Å². The highest BCUT2D eigenvalue weighted by Gasteiger charge is 2.30. The van der Waals surface area contributed by atoms with E-state index in [2.05, 4.69) is 29.2 Å². The molecule has 0 unspecified atom stereocenters. The number of nitrogens with zero attached hydrogens (tertiary/aromatic N) is 1. The van der Waals surface area contributed by atoms with E-state index in [1.807, 2.05) is 36.4 Å². The van der Waals surface area contributed by atoms with Crippen LogP contribution in [0.15, 0.2) is 69.9 Å². The zero-order valence-electron chi connectivity index (χ0n) is 16.1. The second-order valence-corrected chi connectivity index (χ2v) is 7.98. The van der Waals surface area contributed by atoms with Crippen LogP contribution < -0.4 is 10.4 Å². The Labute approximate surface area is 168 Å². The summed E-state index contributed by atoms with van der Waals surface area (Å²) in [4.78, 5) is 15.0. The van der Waals surface area contributed by atoms with Crippen LogP contribution in [0.5, 0.6) is 5.75 Å². The molecule has 144 valence electrons. The van der Waals surface area contributed by atoms with Crippen molar-refractivity contribution in [2.45, 2.75) is 31.8 Å². The third kappa shape index (κ3) is 2.60. The number of benzene rings is 3. The van der Waals surface area contributed by atoms with Crippen LogP contribution in [0.1, 0.15) is 35.6 Å². The van der Waals surface area contributed by atoms with Crippen LogP contribution in [-0.4, -0.2) is 11.6 Å². The Morgan fingerprint density at radius 3 is 2.66 bits per heavy atom. The molecule has 4 nitrogen and oxygen atoms in total. The molecule has 2 aliphatic rings. The van der Waals surface area contributed by atoms with Crippen molar-refractivity contribution >= 4 is 21.7 Å². The Bertz CT molecular complexity index is 1310. The summed E-state index contributed by atoms with van der Waals surface area (Å²) < 4.78 is 11.9. The molecule has 4 heteroatoms. The van der Waals surface area contributed by atoms with Crippen molar-refractivity contribution in [3.05, 3.63) is 87.8 Å². The van der Waals surface area contributed by atoms with Crippen LogP contribution >= 0.6 is 0 Å². The van der Waals surface area contributed by atoms with Crippen molar-refractivity contribution < 1.29 is 9.15 Å². The van der Waals surface area contributed by atoms with Crippen molar-refractivity contribution in [3.63, 3.8) is 0 Å². The SMILES string of the molecule is O=c1oc2c3c(ccc2c2ccccc12)OCN([C@H]1CCCc2ccccc21)C3. The summed E-state index contributed by atoms with van der Waals surface area (Å²) in [6.45, 7) is 1.27. The number of rotatable bonds is 1. The standard InChI is InChI=1S/C25H21NO3/c27-25-20-10-4-3-9-18(20)19-12-13-23-21(24(19)29-25)14-26(15-28-23)22-11-5-7-16-6-1-2-8-17(16)22/h1-4,6,8-10,12-13,22H,5,7,11,14-15H2/t22-/m0/s1. The van der Waals surface area contributed by atoms with Crippen LogP contribution in [0.2, 0.25) is 0 Å². The molecule has 0 bridgehead atoms. The highest BCUT2D eigenvalue weighted by atomic mass is 16.5. The fourth-order valence-electron chi connectivity index (χ4n) is 4.98. The molecule has 1 aliphatic carbocycles. The Morgan fingerprint density at radius 2 is 1.72 bits per heavy atom. The minimum atomic E-state index is -0.290. The monoisotopic (exact) mass is 383 g/mol. The topological polar surface area (TPSA) is 42.7 Å². The Balaban J connectivity index is 1.48. The van der Waals surface area contributed by atoms with Gasteiger partial charge in [0.25, 0.3) is 0 Å². The van der Waals surface area contributed by atoms with Gasteiger partial charge < -0.3 is 9.15 Å². The Kier molecular flexibility index (Phi) is 3.74. The molecular weight excluding hydrogens is 362 g/mol. The molecule has 0 radical (unpaired) electrons. The average molecular weight is 383 g/mol. The molecule has 1 aromatic heterocycles. The maximum atomic E-state index is 12.6. The first kappa shape index (κ1) is 16.8. The minimum Gasteiger partial charge on any atom is -0.478 e. The fourth-order valence-corrected chi connectivity index (χ4v) is 4.98. The number of hydrogen-bond acceptors (Lipinski definition) is 4. The fraction of sp³-hybridized carbons (Fsp3) is 0.240. The molecule has 0 saturated carbocycles. The zero-order chi connectivity index (χ0) is 19.4. The molecule has 1 aliphatic heterocycles. The molecule has 29 heavy (non-hydrogen) atoms. The number of fused-ring (bicyclic) bond motifs is 6. The summed E-state index contributed by atoms with van der Waals surface area (Å²) >= 11 is 0. The van der Waals surface area contributed by atoms with E-state index in [9.17, 15) is 4.79 Å². The van der Waals surface area contributed by atoms with E-state index < -0.39 is 0 Å². The summed E-state index contributed by atoms with van der Waals surface area (Å²) in [7, 11) is 0. The van der Waals surface area contributed by atoms with Gasteiger partial charge in [0.15, 0.2) is 0 Å². The molecule has 0 N–H and O–H groups in total. The molecule has 1 atom stereocenters. The number of aryl methyl sites for hydroxylation is 1. The normalized spacial score (nSPS) is 19.0. The molecular formula is C25H21NO3. The van der Waals surface area contributed by atoms with Crippen LogP contribution in [-0.2, 0) is 13.0 Å². The van der Waals surface area contributed by atoms with E-state index in [4.69, 9.17) is 9.15 Å². The van der Waals surface area contributed by atoms with Gasteiger partial charge in [-0.15, -0.1) is 0 Å². The molecule has 0 spiro atoms. The van der Waals surface area contributed by atoms with Crippen molar-refractivity contribution in [2.75, 3.05) is 6.73 Å². The Hall–Kier alpha value is -3.11. The van der Waals surface area contributed by atoms with Gasteiger partial charge in [-0.2, -0.15) is 0 Å². The van der Waals surface area contributed by atoms with E-state index in [1.165, 1.54) is 17.5 Å². The molecule has 0 amide bonds. The van der Waals surface area contributed by atoms with Crippen molar-refractivity contribution in [2.24, 2.45) is 0 Å². The lowest BCUT2D eigenvalue weighted by Crippen LogP contribution is -2.37. The van der Waals surface area contributed by atoms with Gasteiger partial charge in [0, 0.05) is 18.0 Å². The first-order valence-electron chi connectivity index (χ1n) is 10.2. The highest BCUT2D eigenvalue weighted by Crippen LogP contribution is 2.40. The van der Waals surface area contributed by atoms with E-state index >= 15 is 0 Å². The Morgan fingerprint density at radius 1 is 0.897 bits per heavy atom. The predicted molar refractivity (Wildman–Crippen MR) is 113 cm³/mol. The van der Waals surface area contributed by atoms with E-state index in [0.717, 1.165) is 34.9 Å². The van der Waals surface area contributed by atoms with Gasteiger partial charge in [0.05, 0.1) is 10.9 Å². The summed E-state index contributed by atoms with van der Waals surface area (Å²) in [6, 6.07) is 20.7. The zero-order valence-corrected chi connectivity index (χ0v) is 16.1. The second-order valence-electron chi connectivity index (χ2n) is 7.98. The lowest BCUT2D eigenvalue weighted by atomic mass is 9.86. The molecule has 0 fully saturated rings. The maximum absolute atomic E-state index is 12.6. The molecule has 3 aromatic carbocycles. The van der Waals surface area contributed by atoms with Crippen molar-refractivity contribution in [1.29, 1.82) is 0 Å². The van der Waals surface area contributed by atoms with Crippen LogP contribution in [0, 0.1) is 0 Å². The number of ether oxygens (including phenoxy) is 1. The molecule has 2 heterocycles. The minimum absolute atomic E-state index is 0.290. The summed E-state index contributed by atoms with van der Waals surface area (Å²) in [6.07, 6.45) is 3.44. The number of hydrogen-bond donors (Lipinski definition) is 0. The quantitative estimate of drug-likeness (QED) is 0.336. The predicted octanol–water partition coefficient (Wildman–Crippen LogP) is 5.18. The van der Waals surface area contributed by atoms with Gasteiger partial charge in [-0.3, -0.25) is 4.90 Å². The molecule has 6 rings (SSSR count). The van der Waals surface area contributed by atoms with Crippen molar-refractivity contribution in [3.8, 4) is 5.75 Å². The third-order valence-electron chi connectivity index (χ3n) is 6.38. The second kappa shape index (κ2) is 6.46. The van der Waals surface area contributed by atoms with Gasteiger partial charge >= 0.3 is 5.63 Å². The van der Waals surface area contributed by atoms with Crippen LogP contribution in [0.3, 0.4) is 0 Å². The van der Waals surface area contributed by atoms with Gasteiger partial charge in [-0.05, 0) is 54.0 Å². The first-order chi connectivity index (χ1) is 14.3. The summed E-state index contributed by atoms with van der Waals surface area (Å²) in [5, 5.41) is 2.52. The summed E-state index contributed by atoms with van der Waals surface area (Å²) in [5.41, 5.74) is 4.17. The van der Waals surface area contributed by atoms with Gasteiger partial charge in [0.2, 0.25) is 0 Å². The van der Waals surface area contributed by atoms with Crippen molar-refractivity contribution in [1.82, 2.24) is 4.90 Å². The largest absolute Gasteiger partial charge is 0.478 e. The maximum Gasteiger partial charge on any atom is 0.344 e. The summed E-state index contributed by atoms with van der Waals surface area (Å²) in [5.74, 6) is 0.816. The van der Waals surface area contributed by atoms with Crippen LogP contribution in [0.4, 0.5) is 0 Å². The smallest absolute Gasteiger partial charge is 0.344 e. The van der Waals surface area contributed by atoms with Gasteiger partial charge in [-0.25, -0.2) is 4.79 Å². The van der Waals surface area contributed by atoms with Gasteiger partial charge in [0.1, 0.15) is 18.1 Å². The van der Waals surface area contributed by atoms with Crippen LogP contribution in [0.25, 0.3) is 21.7 Å². The average Bonchev–Trinajstić information content (AvgIpc) is 2.78. The molecule has 4 aromatic rings. The van der Waals surface area contributed by atoms with Gasteiger partial charge in [-0.1, -0.05) is 42.5 Å². The highest BCUT2D eigenvalue weighted by molar-refractivity contribution is 6.05. The molecule has 0 saturated heterocycles. The third-order valence-corrected chi connectivity index (χ3v) is 6.38. The van der Waals surface area contributed by atoms with E-state index in [-0.39, 0.29) is 5.63 Å². The first-order valence-corrected chi connectivity index (χ1v) is 10.2.